The molecule has 4 aromatic rings. The van der Waals surface area contributed by atoms with Crippen molar-refractivity contribution >= 4 is 51.5 Å². The molecule has 2 amide bonds. The SMILES string of the molecule is CC(=O)Nc1ccccc1C1CCN(CCC(CN(C)C(=O)c2cc(C#N)cc3ccccc23)c2ccc(Cl)c(Cl)c2)CC1. The molecule has 6 nitrogen and oxygen atoms in total. The van der Waals surface area contributed by atoms with Crippen LogP contribution >= 0.6 is 23.2 Å². The first-order valence-electron chi connectivity index (χ1n) is 15.0. The Kier molecular flexibility index (Phi) is 10.2. The molecular formula is C36H36Cl2N4O2. The van der Waals surface area contributed by atoms with Crippen LogP contribution in [0.15, 0.2) is 78.9 Å². The molecule has 1 fully saturated rings. The summed E-state index contributed by atoms with van der Waals surface area (Å²) in [6.45, 7) is 4.81. The third-order valence-electron chi connectivity index (χ3n) is 8.57. The van der Waals surface area contributed by atoms with Gasteiger partial charge >= 0.3 is 0 Å². The average Bonchev–Trinajstić information content (AvgIpc) is 3.03. The van der Waals surface area contributed by atoms with Gasteiger partial charge in [0.25, 0.3) is 5.91 Å². The maximum atomic E-state index is 13.8. The zero-order valence-electron chi connectivity index (χ0n) is 25.0. The van der Waals surface area contributed by atoms with Crippen molar-refractivity contribution < 1.29 is 9.59 Å². The molecular weight excluding hydrogens is 591 g/mol. The van der Waals surface area contributed by atoms with Crippen LogP contribution in [0.5, 0.6) is 0 Å². The molecule has 1 heterocycles. The van der Waals surface area contributed by atoms with Crippen molar-refractivity contribution in [2.24, 2.45) is 0 Å². The van der Waals surface area contributed by atoms with Gasteiger partial charge in [-0.15, -0.1) is 0 Å². The first-order chi connectivity index (χ1) is 21.2. The van der Waals surface area contributed by atoms with Gasteiger partial charge in [-0.3, -0.25) is 9.59 Å². The van der Waals surface area contributed by atoms with E-state index in [4.69, 9.17) is 23.2 Å². The molecule has 5 rings (SSSR count). The smallest absolute Gasteiger partial charge is 0.254 e. The standard InChI is InChI=1S/C36H36Cl2N4O2/c1-24(43)40-35-10-6-5-9-31(35)26-13-16-42(17-14-26)18-15-29(27-11-12-33(37)34(38)21-27)23-41(2)36(44)32-20-25(22-39)19-28-7-3-4-8-30(28)32/h3-12,19-21,26,29H,13-18,23H2,1-2H3,(H,40,43). The van der Waals surface area contributed by atoms with E-state index in [1.165, 1.54) is 5.56 Å². The third-order valence-corrected chi connectivity index (χ3v) is 9.31. The van der Waals surface area contributed by atoms with Crippen molar-refractivity contribution in [1.29, 1.82) is 5.26 Å². The van der Waals surface area contributed by atoms with E-state index in [9.17, 15) is 14.9 Å². The summed E-state index contributed by atoms with van der Waals surface area (Å²) in [5.74, 6) is 0.241. The van der Waals surface area contributed by atoms with E-state index >= 15 is 0 Å². The van der Waals surface area contributed by atoms with Crippen LogP contribution < -0.4 is 5.32 Å². The molecule has 0 radical (unpaired) electrons. The van der Waals surface area contributed by atoms with Gasteiger partial charge in [-0.25, -0.2) is 0 Å². The van der Waals surface area contributed by atoms with Crippen molar-refractivity contribution in [2.75, 3.05) is 38.5 Å². The normalized spacial score (nSPS) is 14.6. The van der Waals surface area contributed by atoms with Gasteiger partial charge in [-0.05, 0) is 97.0 Å². The van der Waals surface area contributed by atoms with E-state index in [2.05, 4.69) is 22.4 Å². The Labute approximate surface area is 269 Å². The molecule has 4 aromatic carbocycles. The number of nitrogens with zero attached hydrogens (tertiary/aromatic N) is 3. The van der Waals surface area contributed by atoms with Crippen molar-refractivity contribution in [3.63, 3.8) is 0 Å². The largest absolute Gasteiger partial charge is 0.341 e. The number of likely N-dealkylation sites (N-methyl/N-ethyl adjacent to an activating group) is 1. The topological polar surface area (TPSA) is 76.4 Å². The molecule has 1 unspecified atom stereocenters. The van der Waals surface area contributed by atoms with Gasteiger partial charge in [0.1, 0.15) is 0 Å². The number of hydrogen-bond donors (Lipinski definition) is 1. The third kappa shape index (κ3) is 7.42. The minimum atomic E-state index is -0.123. The summed E-state index contributed by atoms with van der Waals surface area (Å²) in [6.07, 6.45) is 2.85. The van der Waals surface area contributed by atoms with Crippen molar-refractivity contribution in [1.82, 2.24) is 9.80 Å². The van der Waals surface area contributed by atoms with Gasteiger partial charge in [0.05, 0.1) is 21.7 Å². The molecule has 1 aliphatic rings. The number of hydrogen-bond acceptors (Lipinski definition) is 4. The second kappa shape index (κ2) is 14.3. The van der Waals surface area contributed by atoms with Gasteiger partial charge in [0, 0.05) is 37.7 Å². The minimum absolute atomic E-state index is 0.0300. The van der Waals surface area contributed by atoms with E-state index in [0.29, 0.717) is 33.6 Å². The number of piperidine rings is 1. The molecule has 1 aliphatic heterocycles. The molecule has 1 atom stereocenters. The number of nitrogens with one attached hydrogen (secondary N) is 1. The molecule has 0 aliphatic carbocycles. The predicted octanol–water partition coefficient (Wildman–Crippen LogP) is 8.10. The number of benzene rings is 4. The summed E-state index contributed by atoms with van der Waals surface area (Å²) in [5.41, 5.74) is 4.12. The van der Waals surface area contributed by atoms with Crippen LogP contribution in [0.4, 0.5) is 5.69 Å². The second-order valence-corrected chi connectivity index (χ2v) is 12.4. The van der Waals surface area contributed by atoms with Crippen LogP contribution in [-0.2, 0) is 4.79 Å². The number of carbonyl (C=O) groups excluding carboxylic acids is 2. The number of para-hydroxylation sites is 1. The lowest BCUT2D eigenvalue weighted by atomic mass is 9.87. The van der Waals surface area contributed by atoms with E-state index in [1.54, 1.807) is 17.9 Å². The zero-order chi connectivity index (χ0) is 31.2. The minimum Gasteiger partial charge on any atom is -0.341 e. The van der Waals surface area contributed by atoms with E-state index in [-0.39, 0.29) is 17.7 Å². The molecule has 226 valence electrons. The van der Waals surface area contributed by atoms with Crippen molar-refractivity contribution in [3.05, 3.63) is 111 Å². The Morgan fingerprint density at radius 3 is 2.45 bits per heavy atom. The fraction of sp³-hybridized carbons (Fsp3) is 0.306. The van der Waals surface area contributed by atoms with Crippen LogP contribution in [0.25, 0.3) is 10.8 Å². The quantitative estimate of drug-likeness (QED) is 0.204. The number of fused-ring (bicyclic) bond motifs is 1. The lowest BCUT2D eigenvalue weighted by Gasteiger charge is -2.34. The number of rotatable bonds is 9. The Morgan fingerprint density at radius 1 is 1.00 bits per heavy atom. The lowest BCUT2D eigenvalue weighted by molar-refractivity contribution is -0.114. The molecule has 44 heavy (non-hydrogen) atoms. The summed E-state index contributed by atoms with van der Waals surface area (Å²) >= 11 is 12.7. The number of anilines is 1. The number of nitriles is 1. The Morgan fingerprint density at radius 2 is 1.73 bits per heavy atom. The van der Waals surface area contributed by atoms with Crippen molar-refractivity contribution in [3.8, 4) is 6.07 Å². The lowest BCUT2D eigenvalue weighted by Crippen LogP contribution is -2.36. The molecule has 1 saturated heterocycles. The summed E-state index contributed by atoms with van der Waals surface area (Å²) in [7, 11) is 1.82. The molecule has 8 heteroatoms. The average molecular weight is 628 g/mol. The summed E-state index contributed by atoms with van der Waals surface area (Å²) in [6, 6.07) is 27.1. The van der Waals surface area contributed by atoms with Crippen LogP contribution in [0.2, 0.25) is 10.0 Å². The highest BCUT2D eigenvalue weighted by Crippen LogP contribution is 2.34. The molecule has 0 aromatic heterocycles. The summed E-state index contributed by atoms with van der Waals surface area (Å²) in [5, 5.41) is 15.3. The highest BCUT2D eigenvalue weighted by molar-refractivity contribution is 6.42. The fourth-order valence-electron chi connectivity index (χ4n) is 6.26. The first-order valence-corrected chi connectivity index (χ1v) is 15.7. The van der Waals surface area contributed by atoms with E-state index < -0.39 is 0 Å². The monoisotopic (exact) mass is 626 g/mol. The maximum Gasteiger partial charge on any atom is 0.254 e. The maximum absolute atomic E-state index is 13.8. The highest BCUT2D eigenvalue weighted by Gasteiger charge is 2.25. The van der Waals surface area contributed by atoms with Gasteiger partial charge in [0.15, 0.2) is 0 Å². The van der Waals surface area contributed by atoms with Gasteiger partial charge < -0.3 is 15.1 Å². The van der Waals surface area contributed by atoms with Crippen LogP contribution in [-0.4, -0.2) is 54.8 Å². The Hall–Kier alpha value is -3.89. The van der Waals surface area contributed by atoms with Crippen molar-refractivity contribution in [2.45, 2.75) is 38.0 Å². The zero-order valence-corrected chi connectivity index (χ0v) is 26.5. The van der Waals surface area contributed by atoms with Crippen LogP contribution in [0.1, 0.15) is 65.1 Å². The van der Waals surface area contributed by atoms with Crippen LogP contribution in [0.3, 0.4) is 0 Å². The molecule has 0 spiro atoms. The second-order valence-electron chi connectivity index (χ2n) is 11.6. The van der Waals surface area contributed by atoms with Gasteiger partial charge in [-0.1, -0.05) is 71.7 Å². The molecule has 1 N–H and O–H groups in total. The number of carbonyl (C=O) groups is 2. The van der Waals surface area contributed by atoms with Gasteiger partial charge in [-0.2, -0.15) is 5.26 Å². The van der Waals surface area contributed by atoms with Gasteiger partial charge in [0.2, 0.25) is 5.91 Å². The van der Waals surface area contributed by atoms with E-state index in [0.717, 1.165) is 60.9 Å². The molecule has 0 bridgehead atoms. The highest BCUT2D eigenvalue weighted by atomic mass is 35.5. The van der Waals surface area contributed by atoms with E-state index in [1.807, 2.05) is 73.8 Å². The summed E-state index contributed by atoms with van der Waals surface area (Å²) < 4.78 is 0. The Bertz CT molecular complexity index is 1710. The predicted molar refractivity (Wildman–Crippen MR) is 179 cm³/mol. The fourth-order valence-corrected chi connectivity index (χ4v) is 6.57. The molecule has 0 saturated carbocycles. The summed E-state index contributed by atoms with van der Waals surface area (Å²) in [4.78, 5) is 29.8. The number of halogens is 2. The number of likely N-dealkylation sites (tertiary alicyclic amines) is 1. The number of amides is 2. The van der Waals surface area contributed by atoms with Crippen LogP contribution in [0, 0.1) is 11.3 Å². The first kappa shape index (κ1) is 31.5. The Balaban J connectivity index is 1.30.